The fraction of sp³-hybridized carbons (Fsp3) is 0.125. The van der Waals surface area contributed by atoms with Gasteiger partial charge in [-0.25, -0.2) is 9.78 Å². The second kappa shape index (κ2) is 5.26. The molecule has 4 nitrogen and oxygen atoms in total. The lowest BCUT2D eigenvalue weighted by atomic mass is 10.2. The molecule has 3 aromatic rings. The zero-order valence-corrected chi connectivity index (χ0v) is 12.5. The van der Waals surface area contributed by atoms with E-state index in [1.54, 1.807) is 30.0 Å². The average molecular weight is 298 g/mol. The number of benzene rings is 2. The van der Waals surface area contributed by atoms with E-state index in [0.717, 1.165) is 16.9 Å². The van der Waals surface area contributed by atoms with E-state index in [1.807, 2.05) is 30.0 Å². The van der Waals surface area contributed by atoms with Crippen LogP contribution in [0.1, 0.15) is 10.4 Å². The van der Waals surface area contributed by atoms with Gasteiger partial charge >= 0.3 is 5.97 Å². The van der Waals surface area contributed by atoms with Crippen LogP contribution in [0.2, 0.25) is 0 Å². The van der Waals surface area contributed by atoms with E-state index in [4.69, 9.17) is 5.11 Å². The number of carboxylic acids is 1. The highest BCUT2D eigenvalue weighted by Gasteiger charge is 2.12. The van der Waals surface area contributed by atoms with Crippen LogP contribution in [0.3, 0.4) is 0 Å². The summed E-state index contributed by atoms with van der Waals surface area (Å²) in [5.74, 6) is -0.103. The minimum atomic E-state index is -0.937. The van der Waals surface area contributed by atoms with E-state index >= 15 is 0 Å². The van der Waals surface area contributed by atoms with Crippen molar-refractivity contribution in [2.24, 2.45) is 7.05 Å². The maximum Gasteiger partial charge on any atom is 0.335 e. The van der Waals surface area contributed by atoms with Crippen LogP contribution in [0.5, 0.6) is 0 Å². The Morgan fingerprint density at radius 1 is 1.19 bits per heavy atom. The van der Waals surface area contributed by atoms with Crippen LogP contribution in [0.15, 0.2) is 47.4 Å². The minimum absolute atomic E-state index is 0.255. The van der Waals surface area contributed by atoms with Gasteiger partial charge in [-0.1, -0.05) is 12.1 Å². The zero-order chi connectivity index (χ0) is 15.0. The summed E-state index contributed by atoms with van der Waals surface area (Å²) in [6, 6.07) is 13.2. The van der Waals surface area contributed by atoms with Gasteiger partial charge in [0.2, 0.25) is 0 Å². The van der Waals surface area contributed by atoms with Crippen molar-refractivity contribution in [3.63, 3.8) is 0 Å². The number of aromatic nitrogens is 2. The van der Waals surface area contributed by atoms with Gasteiger partial charge in [-0.05, 0) is 36.6 Å². The van der Waals surface area contributed by atoms with E-state index in [0.29, 0.717) is 5.52 Å². The van der Waals surface area contributed by atoms with E-state index < -0.39 is 5.97 Å². The molecule has 1 aromatic heterocycles. The van der Waals surface area contributed by atoms with Gasteiger partial charge in [-0.15, -0.1) is 11.8 Å². The number of nitrogens with zero attached hydrogens (tertiary/aromatic N) is 2. The standard InChI is InChI=1S/C16H14N2O2S/c1-18-14-8-5-11(16(19)20)9-13(14)17-15(18)10-3-6-12(21-2)7-4-10/h3-9H,1-2H3,(H,19,20). The van der Waals surface area contributed by atoms with E-state index in [1.165, 1.54) is 4.90 Å². The van der Waals surface area contributed by atoms with Crippen molar-refractivity contribution in [2.75, 3.05) is 6.26 Å². The summed E-state index contributed by atoms with van der Waals surface area (Å²) in [5.41, 5.74) is 2.89. The topological polar surface area (TPSA) is 55.1 Å². The second-order valence-electron chi connectivity index (χ2n) is 4.73. The Bertz CT molecular complexity index is 822. The molecule has 3 rings (SSSR count). The van der Waals surface area contributed by atoms with Crippen molar-refractivity contribution in [1.82, 2.24) is 9.55 Å². The average Bonchev–Trinajstić information content (AvgIpc) is 2.84. The molecule has 5 heteroatoms. The van der Waals surface area contributed by atoms with Crippen LogP contribution in [0.25, 0.3) is 22.4 Å². The molecule has 1 heterocycles. The molecule has 0 aliphatic heterocycles. The maximum absolute atomic E-state index is 11.0. The lowest BCUT2D eigenvalue weighted by molar-refractivity contribution is 0.0697. The summed E-state index contributed by atoms with van der Waals surface area (Å²) in [5, 5.41) is 9.06. The minimum Gasteiger partial charge on any atom is -0.478 e. The molecule has 1 N–H and O–H groups in total. The Morgan fingerprint density at radius 2 is 1.90 bits per heavy atom. The first-order chi connectivity index (χ1) is 10.1. The summed E-state index contributed by atoms with van der Waals surface area (Å²) < 4.78 is 1.98. The third kappa shape index (κ3) is 2.40. The molecule has 106 valence electrons. The van der Waals surface area contributed by atoms with Gasteiger partial charge in [-0.3, -0.25) is 0 Å². The van der Waals surface area contributed by atoms with Crippen molar-refractivity contribution in [3.05, 3.63) is 48.0 Å². The number of imidazole rings is 1. The Morgan fingerprint density at radius 3 is 2.52 bits per heavy atom. The molecule has 0 amide bonds. The van der Waals surface area contributed by atoms with Crippen LogP contribution in [-0.4, -0.2) is 26.9 Å². The molecular weight excluding hydrogens is 284 g/mol. The number of hydrogen-bond acceptors (Lipinski definition) is 3. The number of carbonyl (C=O) groups is 1. The van der Waals surface area contributed by atoms with Crippen molar-refractivity contribution < 1.29 is 9.90 Å². The third-order valence-corrected chi connectivity index (χ3v) is 4.22. The predicted molar refractivity (Wildman–Crippen MR) is 84.9 cm³/mol. The highest BCUT2D eigenvalue weighted by Crippen LogP contribution is 2.26. The number of fused-ring (bicyclic) bond motifs is 1. The molecule has 0 saturated carbocycles. The number of aryl methyl sites for hydroxylation is 1. The van der Waals surface area contributed by atoms with Gasteiger partial charge in [0.1, 0.15) is 5.82 Å². The van der Waals surface area contributed by atoms with E-state index in [9.17, 15) is 4.79 Å². The first kappa shape index (κ1) is 13.7. The maximum atomic E-state index is 11.0. The normalized spacial score (nSPS) is 11.0. The molecule has 0 atom stereocenters. The van der Waals surface area contributed by atoms with E-state index in [-0.39, 0.29) is 5.56 Å². The van der Waals surface area contributed by atoms with Crippen molar-refractivity contribution in [2.45, 2.75) is 4.90 Å². The molecule has 0 fully saturated rings. The smallest absolute Gasteiger partial charge is 0.335 e. The summed E-state index contributed by atoms with van der Waals surface area (Å²) in [6.07, 6.45) is 2.04. The van der Waals surface area contributed by atoms with Gasteiger partial charge in [0.15, 0.2) is 0 Å². The fourth-order valence-electron chi connectivity index (χ4n) is 2.33. The first-order valence-corrected chi connectivity index (χ1v) is 7.67. The van der Waals surface area contributed by atoms with Gasteiger partial charge in [0.25, 0.3) is 0 Å². The zero-order valence-electron chi connectivity index (χ0n) is 11.7. The van der Waals surface area contributed by atoms with Gasteiger partial charge < -0.3 is 9.67 Å². The molecule has 21 heavy (non-hydrogen) atoms. The first-order valence-electron chi connectivity index (χ1n) is 6.44. The van der Waals surface area contributed by atoms with Crippen molar-refractivity contribution in [3.8, 4) is 11.4 Å². The van der Waals surface area contributed by atoms with Gasteiger partial charge in [0.05, 0.1) is 16.6 Å². The van der Waals surface area contributed by atoms with Crippen LogP contribution < -0.4 is 0 Å². The summed E-state index contributed by atoms with van der Waals surface area (Å²) >= 11 is 1.69. The molecule has 0 spiro atoms. The van der Waals surface area contributed by atoms with Crippen LogP contribution >= 0.6 is 11.8 Å². The largest absolute Gasteiger partial charge is 0.478 e. The quantitative estimate of drug-likeness (QED) is 0.750. The number of rotatable bonds is 3. The summed E-state index contributed by atoms with van der Waals surface area (Å²) in [6.45, 7) is 0. The van der Waals surface area contributed by atoms with Crippen LogP contribution in [0.4, 0.5) is 0 Å². The Balaban J connectivity index is 2.13. The highest BCUT2D eigenvalue weighted by atomic mass is 32.2. The SMILES string of the molecule is CSc1ccc(-c2nc3cc(C(=O)O)ccc3n2C)cc1. The van der Waals surface area contributed by atoms with Crippen LogP contribution in [-0.2, 0) is 7.05 Å². The summed E-state index contributed by atoms with van der Waals surface area (Å²) in [7, 11) is 1.94. The molecule has 0 saturated heterocycles. The molecule has 0 radical (unpaired) electrons. The number of thioether (sulfide) groups is 1. The monoisotopic (exact) mass is 298 g/mol. The molecule has 0 aliphatic carbocycles. The summed E-state index contributed by atoms with van der Waals surface area (Å²) in [4.78, 5) is 16.8. The predicted octanol–water partition coefficient (Wildman–Crippen LogP) is 3.66. The molecule has 0 bridgehead atoms. The van der Waals surface area contributed by atoms with Gasteiger partial charge in [-0.2, -0.15) is 0 Å². The number of carboxylic acid groups (broad SMARTS) is 1. The highest BCUT2D eigenvalue weighted by molar-refractivity contribution is 7.98. The third-order valence-electron chi connectivity index (χ3n) is 3.48. The second-order valence-corrected chi connectivity index (χ2v) is 5.61. The molecule has 2 aromatic carbocycles. The van der Waals surface area contributed by atoms with Crippen molar-refractivity contribution >= 4 is 28.8 Å². The van der Waals surface area contributed by atoms with Gasteiger partial charge in [0, 0.05) is 17.5 Å². The number of aromatic carboxylic acids is 1. The van der Waals surface area contributed by atoms with Crippen molar-refractivity contribution in [1.29, 1.82) is 0 Å². The number of hydrogen-bond donors (Lipinski definition) is 1. The lowest BCUT2D eigenvalue weighted by Gasteiger charge is -2.03. The Hall–Kier alpha value is -2.27. The molecule has 0 aliphatic rings. The van der Waals surface area contributed by atoms with E-state index in [2.05, 4.69) is 17.1 Å². The molecular formula is C16H14N2O2S. The Labute approximate surface area is 126 Å². The fourth-order valence-corrected chi connectivity index (χ4v) is 2.74. The Kier molecular flexibility index (Phi) is 3.43. The lowest BCUT2D eigenvalue weighted by Crippen LogP contribution is -1.95. The van der Waals surface area contributed by atoms with Crippen LogP contribution in [0, 0.1) is 0 Å². The molecule has 0 unspecified atom stereocenters.